The van der Waals surface area contributed by atoms with Crippen LogP contribution in [0.3, 0.4) is 0 Å². The lowest BCUT2D eigenvalue weighted by Gasteiger charge is -2.25. The number of nitrogens with zero attached hydrogens (tertiary/aromatic N) is 3. The molecule has 0 saturated carbocycles. The maximum atomic E-state index is 10.0. The molecule has 0 aliphatic rings. The number of hydrogen-bond acceptors (Lipinski definition) is 6. The number of aromatic nitrogens is 2. The van der Waals surface area contributed by atoms with Crippen LogP contribution >= 0.6 is 0 Å². The molecule has 0 spiro atoms. The third-order valence-electron chi connectivity index (χ3n) is 3.72. The second-order valence-electron chi connectivity index (χ2n) is 5.16. The number of rotatable bonds is 8. The average molecular weight is 315 g/mol. The number of nitrogens with one attached hydrogen (secondary N) is 2. The van der Waals surface area contributed by atoms with Crippen molar-refractivity contribution in [2.75, 3.05) is 43.4 Å². The fraction of sp³-hybridized carbons (Fsp3) is 0.412. The molecule has 6 heteroatoms. The normalized spacial score (nSPS) is 10.6. The van der Waals surface area contributed by atoms with Gasteiger partial charge in [0.25, 0.3) is 0 Å². The van der Waals surface area contributed by atoms with Gasteiger partial charge in [-0.2, -0.15) is 0 Å². The minimum absolute atomic E-state index is 0.209. The number of aromatic hydroxyl groups is 1. The molecule has 6 nitrogen and oxygen atoms in total. The summed E-state index contributed by atoms with van der Waals surface area (Å²) in [6.45, 7) is 7.82. The molecule has 0 amide bonds. The Hall–Kier alpha value is -2.34. The molecule has 0 radical (unpaired) electrons. The first-order valence-electron chi connectivity index (χ1n) is 8.00. The molecule has 2 aromatic rings. The largest absolute Gasteiger partial charge is 0.507 e. The molecule has 0 bridgehead atoms. The summed E-state index contributed by atoms with van der Waals surface area (Å²) in [5.74, 6) is 0.947. The predicted octanol–water partition coefficient (Wildman–Crippen LogP) is 2.33. The minimum atomic E-state index is 0.209. The van der Waals surface area contributed by atoms with Crippen molar-refractivity contribution in [2.24, 2.45) is 0 Å². The van der Waals surface area contributed by atoms with Gasteiger partial charge in [-0.05, 0) is 31.7 Å². The van der Waals surface area contributed by atoms with Gasteiger partial charge in [-0.3, -0.25) is 0 Å². The molecular weight excluding hydrogens is 290 g/mol. The highest BCUT2D eigenvalue weighted by Crippen LogP contribution is 2.31. The Kier molecular flexibility index (Phi) is 6.17. The van der Waals surface area contributed by atoms with E-state index in [1.807, 2.05) is 25.2 Å². The van der Waals surface area contributed by atoms with E-state index in [2.05, 4.69) is 39.6 Å². The van der Waals surface area contributed by atoms with Gasteiger partial charge in [-0.1, -0.05) is 19.1 Å². The van der Waals surface area contributed by atoms with Gasteiger partial charge >= 0.3 is 0 Å². The van der Waals surface area contributed by atoms with Gasteiger partial charge in [0, 0.05) is 32.2 Å². The number of hydrogen-bond donors (Lipinski definition) is 3. The van der Waals surface area contributed by atoms with Crippen LogP contribution in [0.25, 0.3) is 11.3 Å². The predicted molar refractivity (Wildman–Crippen MR) is 95.1 cm³/mol. The molecule has 1 aromatic carbocycles. The summed E-state index contributed by atoms with van der Waals surface area (Å²) in [7, 11) is 1.84. The summed E-state index contributed by atoms with van der Waals surface area (Å²) in [5, 5.41) is 25.0. The summed E-state index contributed by atoms with van der Waals surface area (Å²) in [6, 6.07) is 9.15. The molecule has 0 fully saturated rings. The topological polar surface area (TPSA) is 73.3 Å². The fourth-order valence-corrected chi connectivity index (χ4v) is 2.46. The summed E-state index contributed by atoms with van der Waals surface area (Å²) in [5.41, 5.74) is 2.34. The number of phenolic OH excluding ortho intramolecular Hbond substituents is 1. The van der Waals surface area contributed by atoms with Gasteiger partial charge in [0.15, 0.2) is 5.82 Å². The van der Waals surface area contributed by atoms with E-state index in [1.165, 1.54) is 0 Å². The number of benzene rings is 1. The maximum Gasteiger partial charge on any atom is 0.172 e. The summed E-state index contributed by atoms with van der Waals surface area (Å²) >= 11 is 0. The van der Waals surface area contributed by atoms with E-state index < -0.39 is 0 Å². The quantitative estimate of drug-likeness (QED) is 0.649. The standard InChI is InChI=1S/C17H25N5O/c1-4-19-10-11-22(5-2)15-12-14(20-21-17(15)18-3)13-8-6-7-9-16(13)23/h6-9,12,19,23H,4-5,10-11H2,1-3H3,(H,18,21). The Balaban J connectivity index is 2.36. The number of phenols is 1. The van der Waals surface area contributed by atoms with Crippen molar-refractivity contribution in [3.8, 4) is 17.0 Å². The SMILES string of the molecule is CCNCCN(CC)c1cc(-c2ccccc2O)nnc1NC. The molecule has 2 rings (SSSR count). The van der Waals surface area contributed by atoms with Crippen molar-refractivity contribution < 1.29 is 5.11 Å². The molecule has 0 aliphatic carbocycles. The molecule has 0 saturated heterocycles. The molecule has 23 heavy (non-hydrogen) atoms. The maximum absolute atomic E-state index is 10.0. The molecule has 0 aliphatic heterocycles. The third kappa shape index (κ3) is 4.10. The fourth-order valence-electron chi connectivity index (χ4n) is 2.46. The van der Waals surface area contributed by atoms with E-state index in [0.29, 0.717) is 11.3 Å². The van der Waals surface area contributed by atoms with Gasteiger partial charge < -0.3 is 20.6 Å². The molecule has 1 heterocycles. The first kappa shape index (κ1) is 17.0. The smallest absolute Gasteiger partial charge is 0.172 e. The zero-order chi connectivity index (χ0) is 16.7. The Morgan fingerprint density at radius 3 is 2.61 bits per heavy atom. The van der Waals surface area contributed by atoms with Crippen molar-refractivity contribution in [1.29, 1.82) is 0 Å². The lowest BCUT2D eigenvalue weighted by atomic mass is 10.1. The van der Waals surface area contributed by atoms with Crippen molar-refractivity contribution in [3.63, 3.8) is 0 Å². The molecule has 124 valence electrons. The van der Waals surface area contributed by atoms with Gasteiger partial charge in [-0.25, -0.2) is 0 Å². The minimum Gasteiger partial charge on any atom is -0.507 e. The Morgan fingerprint density at radius 1 is 1.17 bits per heavy atom. The van der Waals surface area contributed by atoms with Gasteiger partial charge in [0.2, 0.25) is 0 Å². The highest BCUT2D eigenvalue weighted by atomic mass is 16.3. The summed E-state index contributed by atoms with van der Waals surface area (Å²) in [4.78, 5) is 2.24. The first-order chi connectivity index (χ1) is 11.2. The Labute approximate surface area is 137 Å². The van der Waals surface area contributed by atoms with Crippen molar-refractivity contribution >= 4 is 11.5 Å². The Morgan fingerprint density at radius 2 is 1.96 bits per heavy atom. The van der Waals surface area contributed by atoms with Gasteiger partial charge in [0.05, 0.1) is 11.4 Å². The first-order valence-corrected chi connectivity index (χ1v) is 8.00. The van der Waals surface area contributed by atoms with Crippen LogP contribution in [0.1, 0.15) is 13.8 Å². The second-order valence-corrected chi connectivity index (χ2v) is 5.16. The summed E-state index contributed by atoms with van der Waals surface area (Å²) in [6.07, 6.45) is 0. The zero-order valence-corrected chi connectivity index (χ0v) is 14.0. The summed E-state index contributed by atoms with van der Waals surface area (Å²) < 4.78 is 0. The molecular formula is C17H25N5O. The number of para-hydroxylation sites is 1. The van der Waals surface area contributed by atoms with Crippen LogP contribution in [0.4, 0.5) is 11.5 Å². The second kappa shape index (κ2) is 8.33. The van der Waals surface area contributed by atoms with E-state index in [4.69, 9.17) is 0 Å². The van der Waals surface area contributed by atoms with Crippen LogP contribution in [-0.4, -0.2) is 48.5 Å². The Bertz CT molecular complexity index is 632. The van der Waals surface area contributed by atoms with Crippen LogP contribution in [-0.2, 0) is 0 Å². The average Bonchev–Trinajstić information content (AvgIpc) is 2.59. The van der Waals surface area contributed by atoms with Crippen LogP contribution in [0.15, 0.2) is 30.3 Å². The molecule has 3 N–H and O–H groups in total. The van der Waals surface area contributed by atoms with Crippen molar-refractivity contribution in [2.45, 2.75) is 13.8 Å². The van der Waals surface area contributed by atoms with Crippen LogP contribution < -0.4 is 15.5 Å². The molecule has 0 atom stereocenters. The van der Waals surface area contributed by atoms with E-state index in [1.54, 1.807) is 12.1 Å². The van der Waals surface area contributed by atoms with E-state index in [9.17, 15) is 5.11 Å². The lowest BCUT2D eigenvalue weighted by molar-refractivity contribution is 0.477. The van der Waals surface area contributed by atoms with E-state index >= 15 is 0 Å². The zero-order valence-electron chi connectivity index (χ0n) is 14.0. The van der Waals surface area contributed by atoms with Gasteiger partial charge in [0.1, 0.15) is 5.75 Å². The lowest BCUT2D eigenvalue weighted by Crippen LogP contribution is -2.32. The highest BCUT2D eigenvalue weighted by molar-refractivity contribution is 5.74. The van der Waals surface area contributed by atoms with E-state index in [0.717, 1.165) is 37.7 Å². The number of likely N-dealkylation sites (N-methyl/N-ethyl adjacent to an activating group) is 2. The van der Waals surface area contributed by atoms with Crippen LogP contribution in [0, 0.1) is 0 Å². The van der Waals surface area contributed by atoms with Crippen LogP contribution in [0.5, 0.6) is 5.75 Å². The van der Waals surface area contributed by atoms with Crippen molar-refractivity contribution in [1.82, 2.24) is 15.5 Å². The monoisotopic (exact) mass is 315 g/mol. The molecule has 0 unspecified atom stereocenters. The number of anilines is 2. The van der Waals surface area contributed by atoms with Crippen molar-refractivity contribution in [3.05, 3.63) is 30.3 Å². The van der Waals surface area contributed by atoms with E-state index in [-0.39, 0.29) is 5.75 Å². The molecule has 1 aromatic heterocycles. The van der Waals surface area contributed by atoms with Gasteiger partial charge in [-0.15, -0.1) is 10.2 Å². The van der Waals surface area contributed by atoms with Crippen LogP contribution in [0.2, 0.25) is 0 Å². The third-order valence-corrected chi connectivity index (χ3v) is 3.72. The highest BCUT2D eigenvalue weighted by Gasteiger charge is 2.14.